The number of rotatable bonds is 2. The van der Waals surface area contributed by atoms with Gasteiger partial charge in [-0.1, -0.05) is 0 Å². The number of carbonyl (C=O) groups is 2. The highest BCUT2D eigenvalue weighted by atomic mass is 127. The molecule has 1 saturated heterocycles. The molecule has 2 rings (SSSR count). The molecule has 0 spiro atoms. The van der Waals surface area contributed by atoms with Gasteiger partial charge in [0, 0.05) is 13.0 Å². The Morgan fingerprint density at radius 1 is 1.53 bits per heavy atom. The van der Waals surface area contributed by atoms with Crippen LogP contribution in [0.3, 0.4) is 0 Å². The van der Waals surface area contributed by atoms with E-state index in [-0.39, 0.29) is 18.3 Å². The number of amides is 1. The van der Waals surface area contributed by atoms with Crippen molar-refractivity contribution in [2.75, 3.05) is 18.6 Å². The minimum Gasteiger partial charge on any atom is -0.469 e. The minimum atomic E-state index is -0.409. The summed E-state index contributed by atoms with van der Waals surface area (Å²) in [4.78, 5) is 24.6. The quantitative estimate of drug-likeness (QED) is 0.579. The van der Waals surface area contributed by atoms with E-state index < -0.39 is 5.92 Å². The van der Waals surface area contributed by atoms with Gasteiger partial charge in [0.25, 0.3) is 0 Å². The van der Waals surface area contributed by atoms with Gasteiger partial charge in [-0.05, 0) is 34.7 Å². The zero-order chi connectivity index (χ0) is 12.4. The van der Waals surface area contributed by atoms with Crippen molar-refractivity contribution in [1.82, 2.24) is 10.2 Å². The second-order valence-corrected chi connectivity index (χ2v) is 4.75. The van der Waals surface area contributed by atoms with Gasteiger partial charge in [0.15, 0.2) is 5.82 Å². The second-order valence-electron chi connectivity index (χ2n) is 3.64. The third-order valence-corrected chi connectivity index (χ3v) is 3.13. The summed E-state index contributed by atoms with van der Waals surface area (Å²) in [5, 5.41) is 7.80. The number of hydrogen-bond acceptors (Lipinski definition) is 5. The lowest BCUT2D eigenvalue weighted by Gasteiger charge is -2.13. The summed E-state index contributed by atoms with van der Waals surface area (Å²) in [6.07, 6.45) is 0.167. The van der Waals surface area contributed by atoms with Gasteiger partial charge in [-0.3, -0.25) is 14.5 Å². The molecule has 1 aromatic heterocycles. The molecule has 2 heterocycles. The van der Waals surface area contributed by atoms with Gasteiger partial charge in [-0.25, -0.2) is 0 Å². The van der Waals surface area contributed by atoms with E-state index in [0.29, 0.717) is 12.4 Å². The number of carbonyl (C=O) groups excluding carboxylic acids is 2. The molecule has 1 aliphatic heterocycles. The van der Waals surface area contributed by atoms with Crippen LogP contribution in [0, 0.1) is 9.62 Å². The number of ether oxygens (including phenoxy) is 1. The van der Waals surface area contributed by atoms with Gasteiger partial charge in [0.05, 0.1) is 13.0 Å². The SMILES string of the molecule is COC(=O)C1CC(=O)N(c2ccc(I)nn2)C1. The van der Waals surface area contributed by atoms with Crippen LogP contribution in [0.25, 0.3) is 0 Å². The summed E-state index contributed by atoms with van der Waals surface area (Å²) in [6, 6.07) is 3.48. The van der Waals surface area contributed by atoms with Crippen molar-refractivity contribution in [3.63, 3.8) is 0 Å². The van der Waals surface area contributed by atoms with Crippen molar-refractivity contribution in [3.05, 3.63) is 15.8 Å². The average Bonchev–Trinajstić information content (AvgIpc) is 2.71. The highest BCUT2D eigenvalue weighted by molar-refractivity contribution is 14.1. The number of hydrogen-bond donors (Lipinski definition) is 0. The molecule has 0 N–H and O–H groups in total. The highest BCUT2D eigenvalue weighted by Crippen LogP contribution is 2.23. The number of halogens is 1. The molecule has 1 aliphatic rings. The first-order chi connectivity index (χ1) is 8.11. The summed E-state index contributed by atoms with van der Waals surface area (Å²) in [5.41, 5.74) is 0. The van der Waals surface area contributed by atoms with Gasteiger partial charge < -0.3 is 4.74 Å². The fraction of sp³-hybridized carbons (Fsp3) is 0.400. The third kappa shape index (κ3) is 2.54. The first kappa shape index (κ1) is 12.2. The first-order valence-electron chi connectivity index (χ1n) is 4.99. The molecule has 0 aliphatic carbocycles. The van der Waals surface area contributed by atoms with Crippen LogP contribution in [0.1, 0.15) is 6.42 Å². The molecular weight excluding hydrogens is 337 g/mol. The van der Waals surface area contributed by atoms with E-state index in [2.05, 4.69) is 14.9 Å². The number of nitrogens with zero attached hydrogens (tertiary/aromatic N) is 3. The first-order valence-corrected chi connectivity index (χ1v) is 6.07. The number of methoxy groups -OCH3 is 1. The van der Waals surface area contributed by atoms with E-state index in [1.54, 1.807) is 12.1 Å². The molecule has 0 bridgehead atoms. The van der Waals surface area contributed by atoms with Gasteiger partial charge in [0.1, 0.15) is 3.70 Å². The molecule has 0 aromatic carbocycles. The Morgan fingerprint density at radius 2 is 2.29 bits per heavy atom. The standard InChI is InChI=1S/C10H10IN3O3/c1-17-10(16)6-4-9(15)14(5-6)8-3-2-7(11)12-13-8/h2-3,6H,4-5H2,1H3. The van der Waals surface area contributed by atoms with Gasteiger partial charge in [-0.15, -0.1) is 10.2 Å². The largest absolute Gasteiger partial charge is 0.469 e. The maximum atomic E-state index is 11.7. The van der Waals surface area contributed by atoms with E-state index >= 15 is 0 Å². The van der Waals surface area contributed by atoms with Gasteiger partial charge in [0.2, 0.25) is 5.91 Å². The third-order valence-electron chi connectivity index (χ3n) is 2.55. The number of anilines is 1. The van der Waals surface area contributed by atoms with E-state index in [1.165, 1.54) is 12.0 Å². The van der Waals surface area contributed by atoms with Crippen molar-refractivity contribution in [1.29, 1.82) is 0 Å². The lowest BCUT2D eigenvalue weighted by molar-refractivity contribution is -0.145. The maximum absolute atomic E-state index is 11.7. The van der Waals surface area contributed by atoms with E-state index in [4.69, 9.17) is 0 Å². The molecule has 7 heteroatoms. The molecule has 1 unspecified atom stereocenters. The lowest BCUT2D eigenvalue weighted by Crippen LogP contribution is -2.27. The fourth-order valence-electron chi connectivity index (χ4n) is 1.71. The molecule has 0 radical (unpaired) electrons. The summed E-state index contributed by atoms with van der Waals surface area (Å²) < 4.78 is 5.38. The zero-order valence-electron chi connectivity index (χ0n) is 9.09. The Bertz CT molecular complexity index is 449. The van der Waals surface area contributed by atoms with E-state index in [0.717, 1.165) is 3.70 Å². The van der Waals surface area contributed by atoms with Crippen LogP contribution in [0.5, 0.6) is 0 Å². The molecule has 1 fully saturated rings. The van der Waals surface area contributed by atoms with Crippen molar-refractivity contribution in [2.45, 2.75) is 6.42 Å². The monoisotopic (exact) mass is 347 g/mol. The van der Waals surface area contributed by atoms with Crippen LogP contribution >= 0.6 is 22.6 Å². The number of esters is 1. The predicted molar refractivity (Wildman–Crippen MR) is 67.2 cm³/mol. The molecule has 17 heavy (non-hydrogen) atoms. The van der Waals surface area contributed by atoms with Gasteiger partial charge in [-0.2, -0.15) is 0 Å². The highest BCUT2D eigenvalue weighted by Gasteiger charge is 2.36. The second kappa shape index (κ2) is 4.94. The van der Waals surface area contributed by atoms with Crippen molar-refractivity contribution in [2.24, 2.45) is 5.92 Å². The summed E-state index contributed by atoms with van der Waals surface area (Å²) in [7, 11) is 1.32. The Labute approximate surface area is 111 Å². The van der Waals surface area contributed by atoms with Crippen LogP contribution < -0.4 is 4.90 Å². The summed E-state index contributed by atoms with van der Waals surface area (Å²) in [5.74, 6) is -0.425. The van der Waals surface area contributed by atoms with Crippen LogP contribution in [0.4, 0.5) is 5.82 Å². The van der Waals surface area contributed by atoms with Gasteiger partial charge >= 0.3 is 5.97 Å². The maximum Gasteiger partial charge on any atom is 0.311 e. The van der Waals surface area contributed by atoms with Crippen molar-refractivity contribution >= 4 is 40.3 Å². The Balaban J connectivity index is 2.15. The normalized spacial score (nSPS) is 19.5. The van der Waals surface area contributed by atoms with E-state index in [1.807, 2.05) is 22.6 Å². The minimum absolute atomic E-state index is 0.129. The van der Waals surface area contributed by atoms with Crippen LogP contribution in [-0.4, -0.2) is 35.7 Å². The molecule has 0 saturated carbocycles. The van der Waals surface area contributed by atoms with Crippen LogP contribution in [-0.2, 0) is 14.3 Å². The van der Waals surface area contributed by atoms with E-state index in [9.17, 15) is 9.59 Å². The van der Waals surface area contributed by atoms with Crippen molar-refractivity contribution < 1.29 is 14.3 Å². The predicted octanol–water partition coefficient (Wildman–Crippen LogP) is 0.607. The molecule has 6 nitrogen and oxygen atoms in total. The lowest BCUT2D eigenvalue weighted by atomic mass is 10.1. The molecular formula is C10H10IN3O3. The average molecular weight is 347 g/mol. The zero-order valence-corrected chi connectivity index (χ0v) is 11.2. The van der Waals surface area contributed by atoms with Crippen LogP contribution in [0.15, 0.2) is 12.1 Å². The summed E-state index contributed by atoms with van der Waals surface area (Å²) >= 11 is 2.03. The topological polar surface area (TPSA) is 72.4 Å². The van der Waals surface area contributed by atoms with Crippen molar-refractivity contribution in [3.8, 4) is 0 Å². The Kier molecular flexibility index (Phi) is 3.55. The molecule has 1 amide bonds. The Hall–Kier alpha value is -1.25. The molecule has 1 aromatic rings. The smallest absolute Gasteiger partial charge is 0.311 e. The van der Waals surface area contributed by atoms with Crippen LogP contribution in [0.2, 0.25) is 0 Å². The summed E-state index contributed by atoms with van der Waals surface area (Å²) in [6.45, 7) is 0.306. The Morgan fingerprint density at radius 3 is 2.88 bits per heavy atom. The molecule has 90 valence electrons. The fourth-order valence-corrected chi connectivity index (χ4v) is 1.99. The molecule has 1 atom stereocenters. The number of aromatic nitrogens is 2.